The quantitative estimate of drug-likeness (QED) is 0.326. The third-order valence-electron chi connectivity index (χ3n) is 3.25. The third-order valence-corrected chi connectivity index (χ3v) is 3.25. The Morgan fingerprint density at radius 2 is 2.09 bits per heavy atom. The second-order valence-corrected chi connectivity index (χ2v) is 5.15. The summed E-state index contributed by atoms with van der Waals surface area (Å²) in [5.74, 6) is -1.30. The molecule has 0 aromatic rings. The van der Waals surface area contributed by atoms with Gasteiger partial charge in [-0.1, -0.05) is 29.9 Å². The largest absolute Gasteiger partial charge is 0.452 e. The van der Waals surface area contributed by atoms with Gasteiger partial charge in [0.25, 0.3) is 5.91 Å². The highest BCUT2D eigenvalue weighted by atomic mass is 16.5. The minimum atomic E-state index is -0.660. The lowest BCUT2D eigenvalue weighted by molar-refractivity contribution is -0.143. The monoisotopic (exact) mass is 320 g/mol. The molecule has 1 aliphatic carbocycles. The predicted molar refractivity (Wildman–Crippen MR) is 87.6 cm³/mol. The fourth-order valence-electron chi connectivity index (χ4n) is 2.11. The van der Waals surface area contributed by atoms with Crippen LogP contribution >= 0.6 is 0 Å². The van der Waals surface area contributed by atoms with Crippen molar-refractivity contribution in [3.05, 3.63) is 36.0 Å². The smallest absolute Gasteiger partial charge is 0.331 e. The molecule has 0 atom stereocenters. The predicted octanol–water partition coefficient (Wildman–Crippen LogP) is 2.38. The van der Waals surface area contributed by atoms with E-state index in [4.69, 9.17) is 4.74 Å². The van der Waals surface area contributed by atoms with Gasteiger partial charge >= 0.3 is 12.0 Å². The maximum Gasteiger partial charge on any atom is 0.331 e. The molecule has 6 nitrogen and oxygen atoms in total. The lowest BCUT2D eigenvalue weighted by Crippen LogP contribution is -2.41. The minimum Gasteiger partial charge on any atom is -0.452 e. The Morgan fingerprint density at radius 1 is 1.26 bits per heavy atom. The standard InChI is InChI=1S/C17H24N2O4/c1-2-3-5-10-16(21)23-13-15(20)19-17(22)18-12-11-14-8-6-4-7-9-14/h2-3,5,8,10H,4,6-7,9,11-13H2,1H3,(H2,18,19,20,22)/b3-2+,10-5+. The number of nitrogens with one attached hydrogen (secondary N) is 2. The van der Waals surface area contributed by atoms with Gasteiger partial charge in [0.1, 0.15) is 0 Å². The third kappa shape index (κ3) is 9.29. The summed E-state index contributed by atoms with van der Waals surface area (Å²) < 4.78 is 4.69. The van der Waals surface area contributed by atoms with Crippen LogP contribution in [0.4, 0.5) is 4.79 Å². The highest BCUT2D eigenvalue weighted by Gasteiger charge is 2.10. The van der Waals surface area contributed by atoms with Crippen LogP contribution in [-0.4, -0.2) is 31.1 Å². The van der Waals surface area contributed by atoms with Gasteiger partial charge in [0.05, 0.1) is 0 Å². The average molecular weight is 320 g/mol. The molecule has 23 heavy (non-hydrogen) atoms. The van der Waals surface area contributed by atoms with Crippen molar-refractivity contribution in [2.75, 3.05) is 13.2 Å². The molecule has 0 heterocycles. The van der Waals surface area contributed by atoms with Crippen LogP contribution < -0.4 is 10.6 Å². The number of carbonyl (C=O) groups is 3. The first-order valence-corrected chi connectivity index (χ1v) is 7.83. The van der Waals surface area contributed by atoms with E-state index in [0.717, 1.165) is 19.3 Å². The van der Waals surface area contributed by atoms with Crippen LogP contribution in [0.15, 0.2) is 36.0 Å². The number of esters is 1. The van der Waals surface area contributed by atoms with E-state index in [2.05, 4.69) is 16.7 Å². The molecular weight excluding hydrogens is 296 g/mol. The van der Waals surface area contributed by atoms with Gasteiger partial charge in [-0.05, 0) is 39.0 Å². The van der Waals surface area contributed by atoms with Crippen LogP contribution in [0.25, 0.3) is 0 Å². The van der Waals surface area contributed by atoms with Crippen molar-refractivity contribution in [3.63, 3.8) is 0 Å². The number of hydrogen-bond donors (Lipinski definition) is 2. The fourth-order valence-corrected chi connectivity index (χ4v) is 2.11. The summed E-state index contributed by atoms with van der Waals surface area (Å²) in [5, 5.41) is 4.73. The maximum atomic E-state index is 11.5. The molecule has 0 radical (unpaired) electrons. The van der Waals surface area contributed by atoms with Gasteiger partial charge in [-0.15, -0.1) is 0 Å². The van der Waals surface area contributed by atoms with E-state index in [0.29, 0.717) is 6.54 Å². The summed E-state index contributed by atoms with van der Waals surface area (Å²) in [6, 6.07) is -0.577. The van der Waals surface area contributed by atoms with Gasteiger partial charge in [-0.25, -0.2) is 9.59 Å². The lowest BCUT2D eigenvalue weighted by Gasteiger charge is -2.13. The van der Waals surface area contributed by atoms with Crippen LogP contribution in [-0.2, 0) is 14.3 Å². The Bertz CT molecular complexity index is 507. The zero-order chi connectivity index (χ0) is 16.9. The summed E-state index contributed by atoms with van der Waals surface area (Å²) in [5.41, 5.74) is 1.35. The molecule has 0 unspecified atom stereocenters. The number of ether oxygens (including phenoxy) is 1. The Kier molecular flexibility index (Phi) is 9.12. The first-order chi connectivity index (χ1) is 11.1. The Morgan fingerprint density at radius 3 is 2.78 bits per heavy atom. The molecule has 3 amide bonds. The molecule has 1 rings (SSSR count). The van der Waals surface area contributed by atoms with Crippen molar-refractivity contribution < 1.29 is 19.1 Å². The summed E-state index contributed by atoms with van der Waals surface area (Å²) >= 11 is 0. The lowest BCUT2D eigenvalue weighted by atomic mass is 9.97. The highest BCUT2D eigenvalue weighted by molar-refractivity contribution is 5.96. The van der Waals surface area contributed by atoms with Crippen molar-refractivity contribution in [1.82, 2.24) is 10.6 Å². The second-order valence-electron chi connectivity index (χ2n) is 5.15. The van der Waals surface area contributed by atoms with Crippen molar-refractivity contribution >= 4 is 17.9 Å². The molecule has 0 aliphatic heterocycles. The van der Waals surface area contributed by atoms with Gasteiger partial charge < -0.3 is 10.1 Å². The number of carbonyl (C=O) groups excluding carboxylic acids is 3. The Balaban J connectivity index is 2.14. The zero-order valence-corrected chi connectivity index (χ0v) is 13.5. The van der Waals surface area contributed by atoms with Crippen LogP contribution in [0, 0.1) is 0 Å². The van der Waals surface area contributed by atoms with Crippen LogP contribution in [0.5, 0.6) is 0 Å². The van der Waals surface area contributed by atoms with E-state index in [1.807, 2.05) is 6.92 Å². The number of imide groups is 1. The number of rotatable bonds is 7. The number of urea groups is 1. The molecule has 0 spiro atoms. The number of hydrogen-bond acceptors (Lipinski definition) is 4. The van der Waals surface area contributed by atoms with E-state index in [1.165, 1.54) is 30.6 Å². The van der Waals surface area contributed by atoms with Crippen molar-refractivity contribution in [2.45, 2.75) is 39.0 Å². The molecular formula is C17H24N2O4. The first-order valence-electron chi connectivity index (χ1n) is 7.83. The zero-order valence-electron chi connectivity index (χ0n) is 13.5. The second kappa shape index (κ2) is 11.2. The summed E-state index contributed by atoms with van der Waals surface area (Å²) in [6.45, 7) is 1.81. The van der Waals surface area contributed by atoms with Gasteiger partial charge in [-0.3, -0.25) is 10.1 Å². The van der Waals surface area contributed by atoms with E-state index >= 15 is 0 Å². The normalized spacial score (nSPS) is 14.6. The fraction of sp³-hybridized carbons (Fsp3) is 0.471. The van der Waals surface area contributed by atoms with E-state index in [9.17, 15) is 14.4 Å². The number of allylic oxidation sites excluding steroid dienone is 4. The van der Waals surface area contributed by atoms with E-state index < -0.39 is 24.5 Å². The SMILES string of the molecule is C/C=C/C=C/C(=O)OCC(=O)NC(=O)NCCC1=CCCCC1. The van der Waals surface area contributed by atoms with Crippen LogP contribution in [0.2, 0.25) is 0 Å². The van der Waals surface area contributed by atoms with Crippen molar-refractivity contribution in [1.29, 1.82) is 0 Å². The molecule has 0 bridgehead atoms. The van der Waals surface area contributed by atoms with Gasteiger partial charge in [-0.2, -0.15) is 0 Å². The molecule has 126 valence electrons. The molecule has 0 saturated heterocycles. The molecule has 2 N–H and O–H groups in total. The van der Waals surface area contributed by atoms with E-state index in [-0.39, 0.29) is 0 Å². The summed E-state index contributed by atoms with van der Waals surface area (Å²) in [6.07, 6.45) is 13.8. The van der Waals surface area contributed by atoms with Crippen LogP contribution in [0.3, 0.4) is 0 Å². The average Bonchev–Trinajstić information content (AvgIpc) is 2.54. The Hall–Kier alpha value is -2.37. The molecule has 6 heteroatoms. The topological polar surface area (TPSA) is 84.5 Å². The minimum absolute atomic E-state index is 0.483. The first kappa shape index (κ1) is 18.7. The Labute approximate surface area is 136 Å². The summed E-state index contributed by atoms with van der Waals surface area (Å²) in [7, 11) is 0. The molecule has 1 aliphatic rings. The van der Waals surface area contributed by atoms with Crippen molar-refractivity contribution in [2.24, 2.45) is 0 Å². The molecule has 0 aromatic heterocycles. The van der Waals surface area contributed by atoms with Crippen LogP contribution in [0.1, 0.15) is 39.0 Å². The van der Waals surface area contributed by atoms with E-state index in [1.54, 1.807) is 12.2 Å². The van der Waals surface area contributed by atoms with Gasteiger partial charge in [0, 0.05) is 12.6 Å². The maximum absolute atomic E-state index is 11.5. The van der Waals surface area contributed by atoms with Gasteiger partial charge in [0.15, 0.2) is 6.61 Å². The summed E-state index contributed by atoms with van der Waals surface area (Å²) in [4.78, 5) is 34.2. The number of amides is 3. The highest BCUT2D eigenvalue weighted by Crippen LogP contribution is 2.19. The molecule has 0 saturated carbocycles. The molecule has 0 fully saturated rings. The van der Waals surface area contributed by atoms with Gasteiger partial charge in [0.2, 0.25) is 0 Å². The molecule has 0 aromatic carbocycles. The van der Waals surface area contributed by atoms with Crippen molar-refractivity contribution in [3.8, 4) is 0 Å².